The highest BCUT2D eigenvalue weighted by molar-refractivity contribution is 5.96. The smallest absolute Gasteiger partial charge is 0.508 e. The number of benzene rings is 1. The molecule has 23 heavy (non-hydrogen) atoms. The fraction of sp³-hybridized carbons (Fsp3) is 0.0909. The van der Waals surface area contributed by atoms with Gasteiger partial charge in [0.05, 0.1) is 27.2 Å². The van der Waals surface area contributed by atoms with E-state index in [1.165, 1.54) is 25.3 Å². The van der Waals surface area contributed by atoms with Crippen molar-refractivity contribution in [2.45, 2.75) is 6.92 Å². The Labute approximate surface area is 128 Å². The van der Waals surface area contributed by atoms with Gasteiger partial charge in [-0.05, 0) is 24.0 Å². The Morgan fingerprint density at radius 3 is 2.74 bits per heavy atom. The van der Waals surface area contributed by atoms with E-state index < -0.39 is 16.8 Å². The first kappa shape index (κ1) is 15.7. The Balaban J connectivity index is 2.00. The molecule has 2 rings (SSSR count). The number of amides is 1. The molecule has 0 radical (unpaired) electrons. The third kappa shape index (κ3) is 3.90. The highest BCUT2D eigenvalue weighted by Crippen LogP contribution is 2.22. The lowest BCUT2D eigenvalue weighted by Crippen LogP contribution is -2.36. The van der Waals surface area contributed by atoms with E-state index in [9.17, 15) is 20.0 Å². The van der Waals surface area contributed by atoms with Crippen molar-refractivity contribution in [1.29, 1.82) is 0 Å². The lowest BCUT2D eigenvalue weighted by atomic mass is 10.2. The van der Waals surface area contributed by atoms with E-state index in [1.54, 1.807) is 0 Å². The van der Waals surface area contributed by atoms with Crippen molar-refractivity contribution in [1.82, 2.24) is 31.1 Å². The average molecular weight is 321 g/mol. The van der Waals surface area contributed by atoms with Gasteiger partial charge in [0.2, 0.25) is 0 Å². The number of allylic oxidation sites excluding steroid dienone is 1. The van der Waals surface area contributed by atoms with E-state index in [1.807, 2.05) is 0 Å². The highest BCUT2D eigenvalue weighted by atomic mass is 16.6. The number of hydrazine groups is 1. The first-order valence-corrected chi connectivity index (χ1v) is 6.07. The molecular formula is C11H11N7O5. The van der Waals surface area contributed by atoms with Crippen molar-refractivity contribution in [2.75, 3.05) is 0 Å². The molecule has 0 atom stereocenters. The number of nitrogens with zero attached hydrogens (tertiary/aromatic N) is 5. The van der Waals surface area contributed by atoms with Gasteiger partial charge < -0.3 is 25.8 Å². The second-order valence-corrected chi connectivity index (χ2v) is 4.26. The van der Waals surface area contributed by atoms with Crippen LogP contribution in [0.5, 0.6) is 11.5 Å². The molecule has 12 nitrogen and oxygen atoms in total. The van der Waals surface area contributed by atoms with Crippen LogP contribution < -0.4 is 10.9 Å². The number of phenols is 2. The van der Waals surface area contributed by atoms with Crippen LogP contribution in [0.2, 0.25) is 0 Å². The summed E-state index contributed by atoms with van der Waals surface area (Å²) in [6, 6.07) is 3.51. The minimum atomic E-state index is -0.796. The van der Waals surface area contributed by atoms with Crippen LogP contribution in [0.15, 0.2) is 23.9 Å². The summed E-state index contributed by atoms with van der Waals surface area (Å²) in [5.74, 6) is -1.89. The van der Waals surface area contributed by atoms with E-state index in [0.717, 1.165) is 10.9 Å². The summed E-state index contributed by atoms with van der Waals surface area (Å²) < 4.78 is 0. The summed E-state index contributed by atoms with van der Waals surface area (Å²) >= 11 is 0. The van der Waals surface area contributed by atoms with Crippen LogP contribution in [0.3, 0.4) is 0 Å². The number of nitro groups is 1. The molecule has 0 unspecified atom stereocenters. The molecule has 120 valence electrons. The first-order valence-electron chi connectivity index (χ1n) is 6.07. The maximum atomic E-state index is 11.8. The molecule has 2 aromatic rings. The van der Waals surface area contributed by atoms with E-state index in [0.29, 0.717) is 5.70 Å². The third-order valence-corrected chi connectivity index (χ3v) is 2.49. The summed E-state index contributed by atoms with van der Waals surface area (Å²) in [5.41, 5.74) is 5.07. The molecule has 0 aliphatic heterocycles. The number of nitrogens with one attached hydrogen (secondary N) is 2. The van der Waals surface area contributed by atoms with Crippen LogP contribution >= 0.6 is 0 Å². The molecular weight excluding hydrogens is 310 g/mol. The normalized spacial score (nSPS) is 11.1. The van der Waals surface area contributed by atoms with E-state index >= 15 is 0 Å². The Kier molecular flexibility index (Phi) is 4.35. The van der Waals surface area contributed by atoms with Gasteiger partial charge in [-0.2, -0.15) is 0 Å². The number of tetrazole rings is 1. The van der Waals surface area contributed by atoms with Gasteiger partial charge >= 0.3 is 5.95 Å². The SMILES string of the molecule is C/C(=C/n1nnc([N+](=O)[O-])n1)NNC(=O)c1ccc(O)cc1O. The summed E-state index contributed by atoms with van der Waals surface area (Å²) in [4.78, 5) is 22.3. The second-order valence-electron chi connectivity index (χ2n) is 4.26. The number of hydrogen-bond acceptors (Lipinski definition) is 9. The monoisotopic (exact) mass is 321 g/mol. The van der Waals surface area contributed by atoms with Crippen molar-refractivity contribution in [3.05, 3.63) is 39.6 Å². The number of aromatic nitrogens is 4. The Hall–Kier alpha value is -3.70. The number of rotatable bonds is 5. The number of carbonyl (C=O) groups is 1. The van der Waals surface area contributed by atoms with Crippen LogP contribution in [0.4, 0.5) is 5.95 Å². The van der Waals surface area contributed by atoms with E-state index in [2.05, 4.69) is 26.3 Å². The zero-order valence-electron chi connectivity index (χ0n) is 11.7. The van der Waals surface area contributed by atoms with Gasteiger partial charge in [0.15, 0.2) is 0 Å². The van der Waals surface area contributed by atoms with Crippen LogP contribution in [0.25, 0.3) is 6.20 Å². The third-order valence-electron chi connectivity index (χ3n) is 2.49. The molecule has 1 aromatic carbocycles. The Bertz CT molecular complexity index is 785. The van der Waals surface area contributed by atoms with E-state index in [-0.39, 0.29) is 17.1 Å². The van der Waals surface area contributed by atoms with Crippen LogP contribution in [-0.2, 0) is 0 Å². The zero-order valence-corrected chi connectivity index (χ0v) is 11.7. The molecule has 0 bridgehead atoms. The van der Waals surface area contributed by atoms with Gasteiger partial charge in [-0.1, -0.05) is 4.80 Å². The molecule has 0 spiro atoms. The van der Waals surface area contributed by atoms with Gasteiger partial charge in [-0.25, -0.2) is 0 Å². The first-order chi connectivity index (χ1) is 10.9. The van der Waals surface area contributed by atoms with Crippen molar-refractivity contribution in [3.63, 3.8) is 0 Å². The maximum Gasteiger partial charge on any atom is 0.515 e. The van der Waals surface area contributed by atoms with Gasteiger partial charge in [0.1, 0.15) is 11.5 Å². The number of phenolic OH excluding ortho intramolecular Hbond substituents is 2. The van der Waals surface area contributed by atoms with Crippen LogP contribution in [-0.4, -0.2) is 41.3 Å². The predicted molar refractivity (Wildman–Crippen MR) is 74.8 cm³/mol. The fourth-order valence-electron chi connectivity index (χ4n) is 1.49. The number of hydrogen-bond donors (Lipinski definition) is 4. The van der Waals surface area contributed by atoms with Gasteiger partial charge in [-0.3, -0.25) is 10.2 Å². The van der Waals surface area contributed by atoms with Crippen LogP contribution in [0.1, 0.15) is 17.3 Å². The quantitative estimate of drug-likeness (QED) is 0.428. The molecule has 0 aliphatic carbocycles. The number of aromatic hydroxyl groups is 2. The lowest BCUT2D eigenvalue weighted by Gasteiger charge is -2.09. The largest absolute Gasteiger partial charge is 0.515 e. The van der Waals surface area contributed by atoms with Crippen molar-refractivity contribution in [3.8, 4) is 11.5 Å². The standard InChI is InChI=1S/C11H11N7O5/c1-6(5-17-15-11(14-16-17)18(22)23)12-13-10(21)8-3-2-7(19)4-9(8)20/h2-5,12,19-20H,1H3,(H,13,21)/b6-5-. The summed E-state index contributed by atoms with van der Waals surface area (Å²) in [7, 11) is 0. The van der Waals surface area contributed by atoms with E-state index in [4.69, 9.17) is 5.11 Å². The van der Waals surface area contributed by atoms with Gasteiger partial charge in [0.25, 0.3) is 5.91 Å². The molecule has 4 N–H and O–H groups in total. The highest BCUT2D eigenvalue weighted by Gasteiger charge is 2.14. The second kappa shape index (κ2) is 6.38. The van der Waals surface area contributed by atoms with Crippen molar-refractivity contribution in [2.24, 2.45) is 0 Å². The maximum absolute atomic E-state index is 11.8. The average Bonchev–Trinajstić information content (AvgIpc) is 2.93. The predicted octanol–water partition coefficient (Wildman–Crippen LogP) is -0.255. The molecule has 0 saturated carbocycles. The summed E-state index contributed by atoms with van der Waals surface area (Å²) in [6.45, 7) is 1.53. The van der Waals surface area contributed by atoms with Crippen LogP contribution in [0, 0.1) is 10.1 Å². The Morgan fingerprint density at radius 1 is 1.39 bits per heavy atom. The molecule has 1 heterocycles. The summed E-state index contributed by atoms with van der Waals surface area (Å²) in [6.07, 6.45) is 1.25. The lowest BCUT2D eigenvalue weighted by molar-refractivity contribution is -0.394. The molecule has 0 aliphatic rings. The number of carbonyl (C=O) groups excluding carboxylic acids is 1. The molecule has 1 aromatic heterocycles. The van der Waals surface area contributed by atoms with Crippen molar-refractivity contribution < 1.29 is 19.9 Å². The minimum Gasteiger partial charge on any atom is -0.508 e. The van der Waals surface area contributed by atoms with Crippen molar-refractivity contribution >= 4 is 18.1 Å². The molecule has 12 heteroatoms. The molecule has 0 fully saturated rings. The minimum absolute atomic E-state index is 0.0578. The fourth-order valence-corrected chi connectivity index (χ4v) is 1.49. The molecule has 1 amide bonds. The van der Waals surface area contributed by atoms with Gasteiger partial charge in [-0.15, -0.1) is 0 Å². The molecule has 0 saturated heterocycles. The topological polar surface area (TPSA) is 168 Å². The van der Waals surface area contributed by atoms with Gasteiger partial charge in [0, 0.05) is 11.8 Å². The Morgan fingerprint density at radius 2 is 2.13 bits per heavy atom. The zero-order chi connectivity index (χ0) is 17.0. The summed E-state index contributed by atoms with van der Waals surface area (Å²) in [5, 5.41) is 39.2.